The summed E-state index contributed by atoms with van der Waals surface area (Å²) in [6.07, 6.45) is 4.63. The van der Waals surface area contributed by atoms with E-state index in [0.29, 0.717) is 41.5 Å². The van der Waals surface area contributed by atoms with Gasteiger partial charge in [0.1, 0.15) is 5.82 Å². The van der Waals surface area contributed by atoms with Crippen molar-refractivity contribution in [3.8, 4) is 0 Å². The highest BCUT2D eigenvalue weighted by Crippen LogP contribution is 2.32. The number of allylic oxidation sites excluding steroid dienone is 1. The molecular formula is C26H23FN6O3. The predicted molar refractivity (Wildman–Crippen MR) is 133 cm³/mol. The van der Waals surface area contributed by atoms with E-state index < -0.39 is 17.5 Å². The van der Waals surface area contributed by atoms with Gasteiger partial charge >= 0.3 is 0 Å². The van der Waals surface area contributed by atoms with Gasteiger partial charge < -0.3 is 15.5 Å². The summed E-state index contributed by atoms with van der Waals surface area (Å²) in [6.45, 7) is 3.15. The largest absolute Gasteiger partial charge is 0.338 e. The van der Waals surface area contributed by atoms with Crippen molar-refractivity contribution in [1.82, 2.24) is 14.9 Å². The van der Waals surface area contributed by atoms with E-state index >= 15 is 0 Å². The van der Waals surface area contributed by atoms with Gasteiger partial charge in [-0.05, 0) is 54.6 Å². The van der Waals surface area contributed by atoms with E-state index in [2.05, 4.69) is 30.4 Å². The quantitative estimate of drug-likeness (QED) is 0.407. The summed E-state index contributed by atoms with van der Waals surface area (Å²) in [6, 6.07) is 12.1. The zero-order valence-corrected chi connectivity index (χ0v) is 19.3. The van der Waals surface area contributed by atoms with Crippen molar-refractivity contribution in [2.24, 2.45) is 0 Å². The fourth-order valence-corrected chi connectivity index (χ4v) is 4.20. The second-order valence-electron chi connectivity index (χ2n) is 8.50. The molecule has 0 bridgehead atoms. The Morgan fingerprint density at radius 3 is 2.47 bits per heavy atom. The Kier molecular flexibility index (Phi) is 6.50. The van der Waals surface area contributed by atoms with Crippen LogP contribution < -0.4 is 15.5 Å². The van der Waals surface area contributed by atoms with Crippen LogP contribution in [-0.2, 0) is 9.59 Å². The SMILES string of the molecule is O=C(CN1CCN(c2ncccn2)CC1)Nc1ccc(C(=O)/C=C2\C(=O)Nc3ccc(F)cc32)cc1. The van der Waals surface area contributed by atoms with Gasteiger partial charge in [0.25, 0.3) is 5.91 Å². The van der Waals surface area contributed by atoms with Crippen LogP contribution in [0, 0.1) is 5.82 Å². The Labute approximate surface area is 206 Å². The van der Waals surface area contributed by atoms with Crippen molar-refractivity contribution >= 4 is 40.5 Å². The Bertz CT molecular complexity index is 1340. The van der Waals surface area contributed by atoms with Crippen LogP contribution in [0.5, 0.6) is 0 Å². The van der Waals surface area contributed by atoms with Crippen molar-refractivity contribution in [2.75, 3.05) is 48.3 Å². The Hall–Kier alpha value is -4.44. The molecule has 1 fully saturated rings. The van der Waals surface area contributed by atoms with Crippen LogP contribution in [0.1, 0.15) is 15.9 Å². The van der Waals surface area contributed by atoms with Gasteiger partial charge in [-0.3, -0.25) is 19.3 Å². The number of anilines is 3. The van der Waals surface area contributed by atoms with Crippen LogP contribution in [0.15, 0.2) is 67.0 Å². The first-order valence-electron chi connectivity index (χ1n) is 11.5. The van der Waals surface area contributed by atoms with E-state index in [1.807, 2.05) is 0 Å². The maximum atomic E-state index is 13.6. The average molecular weight is 487 g/mol. The maximum absolute atomic E-state index is 13.6. The second kappa shape index (κ2) is 10.0. The lowest BCUT2D eigenvalue weighted by molar-refractivity contribution is -0.117. The number of amides is 2. The fraction of sp³-hybridized carbons (Fsp3) is 0.192. The van der Waals surface area contributed by atoms with Crippen LogP contribution in [0.3, 0.4) is 0 Å². The van der Waals surface area contributed by atoms with Gasteiger partial charge in [-0.2, -0.15) is 0 Å². The molecule has 0 saturated carbocycles. The van der Waals surface area contributed by atoms with E-state index in [4.69, 9.17) is 0 Å². The molecule has 0 atom stereocenters. The van der Waals surface area contributed by atoms with Crippen molar-refractivity contribution in [3.05, 3.63) is 83.9 Å². The number of nitrogens with one attached hydrogen (secondary N) is 2. The normalized spacial score (nSPS) is 16.5. The van der Waals surface area contributed by atoms with Gasteiger partial charge in [-0.15, -0.1) is 0 Å². The lowest BCUT2D eigenvalue weighted by Gasteiger charge is -2.34. The first-order chi connectivity index (χ1) is 17.5. The van der Waals surface area contributed by atoms with Crippen LogP contribution >= 0.6 is 0 Å². The summed E-state index contributed by atoms with van der Waals surface area (Å²) in [5.41, 5.74) is 1.84. The number of benzene rings is 2. The third kappa shape index (κ3) is 5.13. The number of carbonyl (C=O) groups is 3. The smallest absolute Gasteiger partial charge is 0.256 e. The zero-order chi connectivity index (χ0) is 25.1. The van der Waals surface area contributed by atoms with E-state index in [1.165, 1.54) is 24.3 Å². The molecule has 2 aliphatic rings. The molecule has 0 unspecified atom stereocenters. The Balaban J connectivity index is 1.16. The van der Waals surface area contributed by atoms with Gasteiger partial charge in [-0.25, -0.2) is 14.4 Å². The topological polar surface area (TPSA) is 108 Å². The minimum atomic E-state index is -0.490. The van der Waals surface area contributed by atoms with Crippen LogP contribution in [0.4, 0.5) is 21.7 Å². The molecule has 2 aromatic carbocycles. The van der Waals surface area contributed by atoms with Crippen LogP contribution in [0.25, 0.3) is 5.57 Å². The fourth-order valence-electron chi connectivity index (χ4n) is 4.20. The minimum Gasteiger partial charge on any atom is -0.338 e. The van der Waals surface area contributed by atoms with Crippen molar-refractivity contribution in [2.45, 2.75) is 0 Å². The molecule has 3 heterocycles. The minimum absolute atomic E-state index is 0.116. The maximum Gasteiger partial charge on any atom is 0.256 e. The number of piperazine rings is 1. The van der Waals surface area contributed by atoms with E-state index in [1.54, 1.807) is 42.7 Å². The summed E-state index contributed by atoms with van der Waals surface area (Å²) < 4.78 is 13.6. The van der Waals surface area contributed by atoms with Gasteiger partial charge in [0.05, 0.1) is 12.1 Å². The summed E-state index contributed by atoms with van der Waals surface area (Å²) >= 11 is 0. The molecule has 5 rings (SSSR count). The molecule has 2 amide bonds. The molecule has 0 radical (unpaired) electrons. The molecule has 3 aromatic rings. The highest BCUT2D eigenvalue weighted by molar-refractivity contribution is 6.35. The van der Waals surface area contributed by atoms with Crippen molar-refractivity contribution < 1.29 is 18.8 Å². The number of ketones is 1. The number of carbonyl (C=O) groups excluding carboxylic acids is 3. The molecule has 1 saturated heterocycles. The molecule has 0 spiro atoms. The lowest BCUT2D eigenvalue weighted by Crippen LogP contribution is -2.49. The first kappa shape index (κ1) is 23.3. The van der Waals surface area contributed by atoms with E-state index in [0.717, 1.165) is 13.1 Å². The molecule has 10 heteroatoms. The molecule has 2 N–H and O–H groups in total. The summed E-state index contributed by atoms with van der Waals surface area (Å²) in [7, 11) is 0. The van der Waals surface area contributed by atoms with Gasteiger partial charge in [0.15, 0.2) is 5.78 Å². The number of nitrogens with zero attached hydrogens (tertiary/aromatic N) is 4. The lowest BCUT2D eigenvalue weighted by atomic mass is 10.0. The highest BCUT2D eigenvalue weighted by atomic mass is 19.1. The molecule has 1 aromatic heterocycles. The third-order valence-electron chi connectivity index (χ3n) is 6.07. The standard InChI is InChI=1S/C26H23FN6O3/c27-18-4-7-22-20(14-18)21(25(36)31-22)15-23(34)17-2-5-19(6-3-17)30-24(35)16-32-10-12-33(13-11-32)26-28-8-1-9-29-26/h1-9,14-15H,10-13,16H2,(H,30,35)(H,31,36)/b21-15-. The molecule has 36 heavy (non-hydrogen) atoms. The van der Waals surface area contributed by atoms with E-state index in [-0.39, 0.29) is 18.0 Å². The van der Waals surface area contributed by atoms with Crippen LogP contribution in [0.2, 0.25) is 0 Å². The number of rotatable bonds is 6. The van der Waals surface area contributed by atoms with Crippen molar-refractivity contribution in [1.29, 1.82) is 0 Å². The van der Waals surface area contributed by atoms with Crippen molar-refractivity contribution in [3.63, 3.8) is 0 Å². The average Bonchev–Trinajstić information content (AvgIpc) is 3.19. The third-order valence-corrected chi connectivity index (χ3v) is 6.07. The number of fused-ring (bicyclic) bond motifs is 1. The molecule has 9 nitrogen and oxygen atoms in total. The first-order valence-corrected chi connectivity index (χ1v) is 11.5. The monoisotopic (exact) mass is 486 g/mol. The Morgan fingerprint density at radius 1 is 1.03 bits per heavy atom. The summed E-state index contributed by atoms with van der Waals surface area (Å²) in [5, 5.41) is 5.47. The number of halogens is 1. The Morgan fingerprint density at radius 2 is 1.75 bits per heavy atom. The van der Waals surface area contributed by atoms with Crippen LogP contribution in [-0.4, -0.2) is 65.2 Å². The zero-order valence-electron chi connectivity index (χ0n) is 19.3. The van der Waals surface area contributed by atoms with E-state index in [9.17, 15) is 18.8 Å². The molecule has 2 aliphatic heterocycles. The molecule has 182 valence electrons. The summed E-state index contributed by atoms with van der Waals surface area (Å²) in [4.78, 5) is 50.1. The highest BCUT2D eigenvalue weighted by Gasteiger charge is 2.25. The van der Waals surface area contributed by atoms with Gasteiger partial charge in [0, 0.05) is 61.1 Å². The number of hydrogen-bond donors (Lipinski definition) is 2. The number of hydrogen-bond acceptors (Lipinski definition) is 7. The van der Waals surface area contributed by atoms with Gasteiger partial charge in [0.2, 0.25) is 11.9 Å². The number of aromatic nitrogens is 2. The summed E-state index contributed by atoms with van der Waals surface area (Å²) in [5.74, 6) is -0.796. The molecular weight excluding hydrogens is 463 g/mol. The van der Waals surface area contributed by atoms with Gasteiger partial charge in [-0.1, -0.05) is 0 Å². The predicted octanol–water partition coefficient (Wildman–Crippen LogP) is 2.59. The molecule has 0 aliphatic carbocycles. The second-order valence-corrected chi connectivity index (χ2v) is 8.50.